The third-order valence-corrected chi connectivity index (χ3v) is 7.24. The fourth-order valence-corrected chi connectivity index (χ4v) is 5.07. The lowest BCUT2D eigenvalue weighted by Crippen LogP contribution is -2.60. The van der Waals surface area contributed by atoms with E-state index in [-0.39, 0.29) is 55.8 Å². The summed E-state index contributed by atoms with van der Waals surface area (Å²) in [4.78, 5) is 36.7. The topological polar surface area (TPSA) is 210 Å². The summed E-state index contributed by atoms with van der Waals surface area (Å²) in [6.07, 6.45) is -5.70. The zero-order valence-corrected chi connectivity index (χ0v) is 22.0. The molecule has 0 radical (unpaired) electrons. The van der Waals surface area contributed by atoms with E-state index in [1.54, 1.807) is 6.07 Å². The number of hydrogen-bond acceptors (Lipinski definition) is 13. The van der Waals surface area contributed by atoms with Crippen molar-refractivity contribution in [2.45, 2.75) is 68.9 Å². The van der Waals surface area contributed by atoms with E-state index in [9.17, 15) is 45.0 Å². The molecule has 222 valence electrons. The smallest absolute Gasteiger partial charge is 0.333 e. The first-order valence-electron chi connectivity index (χ1n) is 13.0. The van der Waals surface area contributed by atoms with E-state index in [2.05, 4.69) is 0 Å². The Bertz CT molecular complexity index is 1050. The zero-order chi connectivity index (χ0) is 29.4. The predicted molar refractivity (Wildman–Crippen MR) is 135 cm³/mol. The normalized spacial score (nSPS) is 30.3. The lowest BCUT2D eigenvalue weighted by molar-refractivity contribution is -0.316. The molecule has 1 saturated heterocycles. The number of carbonyl (C=O) groups excluding carboxylic acids is 3. The minimum absolute atomic E-state index is 0.0448. The number of aromatic hydroxyl groups is 2. The highest BCUT2D eigenvalue weighted by molar-refractivity contribution is 5.90. The second-order valence-corrected chi connectivity index (χ2v) is 9.77. The van der Waals surface area contributed by atoms with Crippen LogP contribution in [0.4, 0.5) is 0 Å². The van der Waals surface area contributed by atoms with E-state index in [0.29, 0.717) is 11.8 Å². The number of hydrogen-bond donors (Lipinski definition) is 6. The summed E-state index contributed by atoms with van der Waals surface area (Å²) in [5.74, 6) is -3.30. The minimum atomic E-state index is -1.66. The van der Waals surface area contributed by atoms with Crippen LogP contribution in [-0.2, 0) is 39.8 Å². The molecule has 0 aromatic heterocycles. The first kappa shape index (κ1) is 31.5. The number of aliphatic hydroxyl groups excluding tert-OH is 4. The van der Waals surface area contributed by atoms with Crippen LogP contribution < -0.4 is 0 Å². The SMILES string of the molecule is COC(=O)C1=CC[C@@H](O[C@@H]2O[C@H](CO)[C@@H](O)[C@H](O)[C@H]2O)C(CCC=O)[C@@H]1CC(=O)OCCc1ccc(O)c(O)c1. The Morgan fingerprint density at radius 3 is 2.50 bits per heavy atom. The van der Waals surface area contributed by atoms with Crippen LogP contribution in [0.25, 0.3) is 0 Å². The van der Waals surface area contributed by atoms with E-state index >= 15 is 0 Å². The quantitative estimate of drug-likeness (QED) is 0.107. The van der Waals surface area contributed by atoms with Gasteiger partial charge >= 0.3 is 11.9 Å². The van der Waals surface area contributed by atoms with Crippen LogP contribution in [0.5, 0.6) is 11.5 Å². The number of methoxy groups -OCH3 is 1. The summed E-state index contributed by atoms with van der Waals surface area (Å²) in [6, 6.07) is 4.23. The lowest BCUT2D eigenvalue weighted by Gasteiger charge is -2.44. The van der Waals surface area contributed by atoms with Crippen molar-refractivity contribution in [2.24, 2.45) is 11.8 Å². The Kier molecular flexibility index (Phi) is 11.4. The van der Waals surface area contributed by atoms with Gasteiger partial charge in [-0.2, -0.15) is 0 Å². The van der Waals surface area contributed by atoms with Crippen LogP contribution in [-0.4, -0.2) is 106 Å². The molecule has 13 nitrogen and oxygen atoms in total. The van der Waals surface area contributed by atoms with Gasteiger partial charge in [-0.25, -0.2) is 4.79 Å². The van der Waals surface area contributed by atoms with Crippen molar-refractivity contribution < 1.29 is 64.0 Å². The van der Waals surface area contributed by atoms with Crippen LogP contribution >= 0.6 is 0 Å². The van der Waals surface area contributed by atoms with Gasteiger partial charge in [-0.1, -0.05) is 12.1 Å². The molecule has 1 aliphatic carbocycles. The van der Waals surface area contributed by atoms with Gasteiger partial charge < -0.3 is 54.4 Å². The molecule has 6 N–H and O–H groups in total. The molecule has 0 spiro atoms. The first-order valence-corrected chi connectivity index (χ1v) is 13.0. The third kappa shape index (κ3) is 7.56. The maximum atomic E-state index is 12.9. The van der Waals surface area contributed by atoms with Gasteiger partial charge in [0.2, 0.25) is 0 Å². The van der Waals surface area contributed by atoms with Crippen molar-refractivity contribution in [3.8, 4) is 11.5 Å². The van der Waals surface area contributed by atoms with E-state index in [0.717, 1.165) is 0 Å². The van der Waals surface area contributed by atoms with Crippen molar-refractivity contribution in [3.63, 3.8) is 0 Å². The van der Waals surface area contributed by atoms with Crippen molar-refractivity contribution in [2.75, 3.05) is 20.3 Å². The summed E-state index contributed by atoms with van der Waals surface area (Å²) < 4.78 is 21.7. The molecule has 2 aliphatic rings. The number of rotatable bonds is 12. The molecular formula is C27H36O13. The molecule has 0 bridgehead atoms. The monoisotopic (exact) mass is 568 g/mol. The van der Waals surface area contributed by atoms with Gasteiger partial charge in [0.05, 0.1) is 32.8 Å². The summed E-state index contributed by atoms with van der Waals surface area (Å²) in [5, 5.41) is 59.2. The molecule has 1 aromatic carbocycles. The average Bonchev–Trinajstić information content (AvgIpc) is 2.94. The Morgan fingerprint density at radius 1 is 1.10 bits per heavy atom. The van der Waals surface area contributed by atoms with Crippen LogP contribution in [0.2, 0.25) is 0 Å². The van der Waals surface area contributed by atoms with Gasteiger partial charge in [0.15, 0.2) is 17.8 Å². The number of phenolic OH excluding ortho intramolecular Hbond substituents is 2. The molecule has 1 aliphatic heterocycles. The van der Waals surface area contributed by atoms with Crippen molar-refractivity contribution >= 4 is 18.2 Å². The molecule has 1 unspecified atom stereocenters. The highest BCUT2D eigenvalue weighted by Crippen LogP contribution is 2.40. The minimum Gasteiger partial charge on any atom is -0.504 e. The van der Waals surface area contributed by atoms with Crippen LogP contribution in [0, 0.1) is 11.8 Å². The second kappa shape index (κ2) is 14.5. The summed E-state index contributed by atoms with van der Waals surface area (Å²) in [6.45, 7) is -0.689. The second-order valence-electron chi connectivity index (χ2n) is 9.77. The van der Waals surface area contributed by atoms with Gasteiger partial charge in [-0.3, -0.25) is 4.79 Å². The average molecular weight is 569 g/mol. The summed E-state index contributed by atoms with van der Waals surface area (Å²) >= 11 is 0. The summed E-state index contributed by atoms with van der Waals surface area (Å²) in [5.41, 5.74) is 0.820. The van der Waals surface area contributed by atoms with Gasteiger partial charge in [0.25, 0.3) is 0 Å². The molecule has 0 saturated carbocycles. The molecule has 3 rings (SSSR count). The van der Waals surface area contributed by atoms with Crippen molar-refractivity contribution in [1.29, 1.82) is 0 Å². The highest BCUT2D eigenvalue weighted by Gasteiger charge is 2.47. The number of phenols is 2. The molecule has 1 fully saturated rings. The standard InChI is InChI=1S/C27H36O13/c1-37-26(36)16-5-7-20(39-27-25(35)24(34)23(33)21(13-29)40-27)15(3-2-9-28)17(16)12-22(32)38-10-8-14-4-6-18(30)19(31)11-14/h4-6,9,11,15,17,20-21,23-25,27,29-31,33-35H,2-3,7-8,10,12-13H2,1H3/t15?,17-,20+,21+,23+,24-,25+,27+/m0/s1. The van der Waals surface area contributed by atoms with Gasteiger partial charge in [-0.15, -0.1) is 0 Å². The Morgan fingerprint density at radius 2 is 1.85 bits per heavy atom. The number of benzene rings is 1. The molecule has 1 heterocycles. The third-order valence-electron chi connectivity index (χ3n) is 7.24. The fraction of sp³-hybridized carbons (Fsp3) is 0.593. The molecular weight excluding hydrogens is 532 g/mol. The number of aldehydes is 1. The number of ether oxygens (including phenoxy) is 4. The largest absolute Gasteiger partial charge is 0.504 e. The number of esters is 2. The van der Waals surface area contributed by atoms with Crippen LogP contribution in [0.15, 0.2) is 29.8 Å². The van der Waals surface area contributed by atoms with E-state index in [1.807, 2.05) is 0 Å². The number of aliphatic hydroxyl groups is 4. The molecule has 13 heteroatoms. The highest BCUT2D eigenvalue weighted by atomic mass is 16.7. The fourth-order valence-electron chi connectivity index (χ4n) is 5.07. The maximum Gasteiger partial charge on any atom is 0.333 e. The molecule has 8 atom stereocenters. The van der Waals surface area contributed by atoms with Crippen LogP contribution in [0.3, 0.4) is 0 Å². The Labute approximate surface area is 230 Å². The van der Waals surface area contributed by atoms with E-state index < -0.39 is 67.2 Å². The summed E-state index contributed by atoms with van der Waals surface area (Å²) in [7, 11) is 1.20. The van der Waals surface area contributed by atoms with Gasteiger partial charge in [0.1, 0.15) is 30.7 Å². The maximum absolute atomic E-state index is 12.9. The van der Waals surface area contributed by atoms with Gasteiger partial charge in [0, 0.05) is 24.3 Å². The van der Waals surface area contributed by atoms with E-state index in [4.69, 9.17) is 18.9 Å². The van der Waals surface area contributed by atoms with Crippen molar-refractivity contribution in [1.82, 2.24) is 0 Å². The number of carbonyl (C=O) groups is 3. The molecule has 40 heavy (non-hydrogen) atoms. The Balaban J connectivity index is 1.76. The predicted octanol–water partition coefficient (Wildman–Crippen LogP) is -0.527. The zero-order valence-electron chi connectivity index (χ0n) is 22.0. The van der Waals surface area contributed by atoms with E-state index in [1.165, 1.54) is 25.3 Å². The van der Waals surface area contributed by atoms with Gasteiger partial charge in [-0.05, 0) is 36.5 Å². The van der Waals surface area contributed by atoms with Crippen LogP contribution in [0.1, 0.15) is 31.2 Å². The molecule has 1 aromatic rings. The lowest BCUT2D eigenvalue weighted by atomic mass is 9.72. The Hall–Kier alpha value is -3.07. The first-order chi connectivity index (χ1) is 19.1. The molecule has 0 amide bonds. The van der Waals surface area contributed by atoms with Crippen molar-refractivity contribution in [3.05, 3.63) is 35.4 Å².